The Hall–Kier alpha value is -1.32. The van der Waals surface area contributed by atoms with E-state index in [0.717, 1.165) is 17.8 Å². The highest BCUT2D eigenvalue weighted by molar-refractivity contribution is 5.46. The number of hydrogen-bond acceptors (Lipinski definition) is 4. The third-order valence-electron chi connectivity index (χ3n) is 2.16. The maximum absolute atomic E-state index is 5.65. The first-order valence-corrected chi connectivity index (χ1v) is 4.85. The van der Waals surface area contributed by atoms with Crippen molar-refractivity contribution < 1.29 is 4.74 Å². The van der Waals surface area contributed by atoms with Crippen LogP contribution in [0.2, 0.25) is 0 Å². The van der Waals surface area contributed by atoms with Gasteiger partial charge < -0.3 is 10.1 Å². The van der Waals surface area contributed by atoms with Crippen molar-refractivity contribution in [3.05, 3.63) is 11.9 Å². The van der Waals surface area contributed by atoms with Crippen LogP contribution in [0.5, 0.6) is 5.88 Å². The van der Waals surface area contributed by atoms with Crippen molar-refractivity contribution in [3.8, 4) is 5.88 Å². The molecule has 0 aliphatic heterocycles. The molecule has 0 saturated heterocycles. The van der Waals surface area contributed by atoms with E-state index < -0.39 is 0 Å². The van der Waals surface area contributed by atoms with Gasteiger partial charge in [-0.1, -0.05) is 6.92 Å². The molecule has 0 fully saturated rings. The fourth-order valence-corrected chi connectivity index (χ4v) is 1.08. The van der Waals surface area contributed by atoms with Gasteiger partial charge in [0.25, 0.3) is 0 Å². The predicted octanol–water partition coefficient (Wildman–Crippen LogP) is 2.00. The summed E-state index contributed by atoms with van der Waals surface area (Å²) in [4.78, 5) is 8.19. The van der Waals surface area contributed by atoms with Crippen LogP contribution in [0.1, 0.15) is 25.8 Å². The van der Waals surface area contributed by atoms with Crippen LogP contribution >= 0.6 is 0 Å². The van der Waals surface area contributed by atoms with Gasteiger partial charge in [-0.3, -0.25) is 0 Å². The Kier molecular flexibility index (Phi) is 3.68. The van der Waals surface area contributed by atoms with Gasteiger partial charge in [-0.05, 0) is 20.3 Å². The Labute approximate surface area is 84.7 Å². The quantitative estimate of drug-likeness (QED) is 0.798. The van der Waals surface area contributed by atoms with Gasteiger partial charge in [0.05, 0.1) is 11.7 Å². The van der Waals surface area contributed by atoms with Gasteiger partial charge in [0.1, 0.15) is 12.1 Å². The first kappa shape index (κ1) is 10.8. The minimum Gasteiger partial charge on any atom is -0.474 e. The molecule has 1 heterocycles. The van der Waals surface area contributed by atoms with E-state index in [0.29, 0.717) is 5.88 Å². The van der Waals surface area contributed by atoms with Gasteiger partial charge >= 0.3 is 0 Å². The summed E-state index contributed by atoms with van der Waals surface area (Å²) in [5.41, 5.74) is 0.954. The van der Waals surface area contributed by atoms with Crippen molar-refractivity contribution in [2.45, 2.75) is 33.3 Å². The summed E-state index contributed by atoms with van der Waals surface area (Å²) in [5, 5.41) is 3.00. The third kappa shape index (κ3) is 2.34. The molecule has 0 aliphatic rings. The smallest absolute Gasteiger partial charge is 0.221 e. The number of ether oxygens (including phenoxy) is 1. The fourth-order valence-electron chi connectivity index (χ4n) is 1.08. The molecule has 0 aliphatic carbocycles. The molecule has 0 amide bonds. The summed E-state index contributed by atoms with van der Waals surface area (Å²) in [6.45, 7) is 6.06. The lowest BCUT2D eigenvalue weighted by Crippen LogP contribution is -2.12. The molecule has 0 aromatic carbocycles. The van der Waals surface area contributed by atoms with Crippen LogP contribution in [-0.2, 0) is 0 Å². The molecule has 0 saturated carbocycles. The molecule has 1 aromatic rings. The lowest BCUT2D eigenvalue weighted by molar-refractivity contribution is 0.207. The highest BCUT2D eigenvalue weighted by atomic mass is 16.5. The Balaban J connectivity index is 2.86. The van der Waals surface area contributed by atoms with Crippen molar-refractivity contribution in [2.24, 2.45) is 0 Å². The molecule has 4 nitrogen and oxygen atoms in total. The zero-order valence-electron chi connectivity index (χ0n) is 9.16. The normalized spacial score (nSPS) is 12.3. The lowest BCUT2D eigenvalue weighted by Gasteiger charge is -2.14. The maximum atomic E-state index is 5.65. The second-order valence-electron chi connectivity index (χ2n) is 3.24. The molecular formula is C10H17N3O. The Bertz CT molecular complexity index is 301. The standard InChI is InChI=1S/C10H17N3O/c1-5-7(2)14-10-8(3)9(11-4)12-6-13-10/h6-7H,5H2,1-4H3,(H,11,12,13). The minimum atomic E-state index is 0.188. The molecule has 0 radical (unpaired) electrons. The topological polar surface area (TPSA) is 47.0 Å². The molecule has 1 N–H and O–H groups in total. The first-order chi connectivity index (χ1) is 6.69. The number of nitrogens with zero attached hydrogens (tertiary/aromatic N) is 2. The van der Waals surface area contributed by atoms with E-state index in [1.165, 1.54) is 6.33 Å². The number of rotatable bonds is 4. The van der Waals surface area contributed by atoms with E-state index in [1.54, 1.807) is 0 Å². The summed E-state index contributed by atoms with van der Waals surface area (Å²) in [7, 11) is 1.84. The first-order valence-electron chi connectivity index (χ1n) is 4.85. The summed E-state index contributed by atoms with van der Waals surface area (Å²) < 4.78 is 5.65. The van der Waals surface area contributed by atoms with Crippen molar-refractivity contribution in [3.63, 3.8) is 0 Å². The Morgan fingerprint density at radius 2 is 2.21 bits per heavy atom. The van der Waals surface area contributed by atoms with Crippen molar-refractivity contribution in [1.82, 2.24) is 9.97 Å². The minimum absolute atomic E-state index is 0.188. The Morgan fingerprint density at radius 1 is 1.50 bits per heavy atom. The van der Waals surface area contributed by atoms with Crippen LogP contribution in [0.25, 0.3) is 0 Å². The number of anilines is 1. The molecule has 14 heavy (non-hydrogen) atoms. The fraction of sp³-hybridized carbons (Fsp3) is 0.600. The second kappa shape index (κ2) is 4.79. The molecule has 78 valence electrons. The molecule has 0 bridgehead atoms. The van der Waals surface area contributed by atoms with Crippen LogP contribution in [0.4, 0.5) is 5.82 Å². The van der Waals surface area contributed by atoms with E-state index >= 15 is 0 Å². The van der Waals surface area contributed by atoms with Crippen molar-refractivity contribution in [2.75, 3.05) is 12.4 Å². The Morgan fingerprint density at radius 3 is 2.79 bits per heavy atom. The van der Waals surface area contributed by atoms with E-state index in [2.05, 4.69) is 22.2 Å². The van der Waals surface area contributed by atoms with Crippen LogP contribution in [0.15, 0.2) is 6.33 Å². The summed E-state index contributed by atoms with van der Waals surface area (Å²) in [6, 6.07) is 0. The molecule has 0 spiro atoms. The van der Waals surface area contributed by atoms with Crippen molar-refractivity contribution in [1.29, 1.82) is 0 Å². The summed E-state index contributed by atoms with van der Waals surface area (Å²) in [5.74, 6) is 1.48. The largest absolute Gasteiger partial charge is 0.474 e. The van der Waals surface area contributed by atoms with Crippen LogP contribution in [0, 0.1) is 6.92 Å². The van der Waals surface area contributed by atoms with Gasteiger partial charge in [0, 0.05) is 7.05 Å². The van der Waals surface area contributed by atoms with Gasteiger partial charge in [0.15, 0.2) is 0 Å². The summed E-state index contributed by atoms with van der Waals surface area (Å²) in [6.07, 6.45) is 2.67. The van der Waals surface area contributed by atoms with E-state index in [9.17, 15) is 0 Å². The highest BCUT2D eigenvalue weighted by Gasteiger charge is 2.09. The van der Waals surface area contributed by atoms with Gasteiger partial charge in [-0.2, -0.15) is 0 Å². The SMILES string of the molecule is CCC(C)Oc1ncnc(NC)c1C. The maximum Gasteiger partial charge on any atom is 0.221 e. The molecule has 1 atom stereocenters. The highest BCUT2D eigenvalue weighted by Crippen LogP contribution is 2.21. The van der Waals surface area contributed by atoms with Crippen LogP contribution in [0.3, 0.4) is 0 Å². The van der Waals surface area contributed by atoms with Crippen LogP contribution < -0.4 is 10.1 Å². The zero-order valence-corrected chi connectivity index (χ0v) is 9.16. The predicted molar refractivity (Wildman–Crippen MR) is 56.7 cm³/mol. The van der Waals surface area contributed by atoms with Gasteiger partial charge in [-0.15, -0.1) is 0 Å². The van der Waals surface area contributed by atoms with E-state index in [1.807, 2.05) is 20.9 Å². The van der Waals surface area contributed by atoms with Gasteiger partial charge in [-0.25, -0.2) is 9.97 Å². The number of nitrogens with one attached hydrogen (secondary N) is 1. The lowest BCUT2D eigenvalue weighted by atomic mass is 10.3. The monoisotopic (exact) mass is 195 g/mol. The van der Waals surface area contributed by atoms with Gasteiger partial charge in [0.2, 0.25) is 5.88 Å². The number of hydrogen-bond donors (Lipinski definition) is 1. The number of aromatic nitrogens is 2. The average molecular weight is 195 g/mol. The van der Waals surface area contributed by atoms with E-state index in [4.69, 9.17) is 4.74 Å². The zero-order chi connectivity index (χ0) is 10.6. The molecule has 1 aromatic heterocycles. The van der Waals surface area contributed by atoms with Crippen LogP contribution in [-0.4, -0.2) is 23.1 Å². The second-order valence-corrected chi connectivity index (χ2v) is 3.24. The average Bonchev–Trinajstić information content (AvgIpc) is 2.21. The molecule has 4 heteroatoms. The van der Waals surface area contributed by atoms with E-state index in [-0.39, 0.29) is 6.10 Å². The summed E-state index contributed by atoms with van der Waals surface area (Å²) >= 11 is 0. The van der Waals surface area contributed by atoms with Crippen molar-refractivity contribution >= 4 is 5.82 Å². The molecular weight excluding hydrogens is 178 g/mol. The third-order valence-corrected chi connectivity index (χ3v) is 2.16. The molecule has 1 rings (SSSR count). The molecule has 1 unspecified atom stereocenters.